The highest BCUT2D eigenvalue weighted by Crippen LogP contribution is 2.39. The lowest BCUT2D eigenvalue weighted by atomic mass is 10.1. The molecule has 28 heavy (non-hydrogen) atoms. The molecule has 1 fully saturated rings. The smallest absolute Gasteiger partial charge is 0.293 e. The topological polar surface area (TPSA) is 55.8 Å². The van der Waals surface area contributed by atoms with Crippen LogP contribution in [-0.2, 0) is 11.3 Å². The molecule has 0 spiro atoms. The Morgan fingerprint density at radius 3 is 2.54 bits per heavy atom. The van der Waals surface area contributed by atoms with Crippen LogP contribution < -0.4 is 9.47 Å². The fourth-order valence-corrected chi connectivity index (χ4v) is 3.83. The molecule has 0 atom stereocenters. The van der Waals surface area contributed by atoms with E-state index in [2.05, 4.69) is 0 Å². The molecule has 1 aliphatic heterocycles. The number of hydrogen-bond donors (Lipinski definition) is 0. The van der Waals surface area contributed by atoms with E-state index in [9.17, 15) is 9.59 Å². The van der Waals surface area contributed by atoms with Gasteiger partial charge in [0.1, 0.15) is 0 Å². The molecule has 146 valence electrons. The van der Waals surface area contributed by atoms with E-state index < -0.39 is 0 Å². The van der Waals surface area contributed by atoms with Crippen LogP contribution in [0.15, 0.2) is 47.4 Å². The number of nitrogens with zero attached hydrogens (tertiary/aromatic N) is 1. The molecule has 2 amide bonds. The van der Waals surface area contributed by atoms with Crippen molar-refractivity contribution in [3.8, 4) is 11.5 Å². The van der Waals surface area contributed by atoms with Crippen molar-refractivity contribution in [2.24, 2.45) is 0 Å². The third-order valence-corrected chi connectivity index (χ3v) is 5.15. The Morgan fingerprint density at radius 1 is 1.18 bits per heavy atom. The molecular weight excluding hydrogens is 398 g/mol. The summed E-state index contributed by atoms with van der Waals surface area (Å²) >= 11 is 7.25. The molecule has 1 saturated heterocycles. The van der Waals surface area contributed by atoms with Crippen LogP contribution in [0, 0.1) is 0 Å². The van der Waals surface area contributed by atoms with E-state index >= 15 is 0 Å². The Hall–Kier alpha value is -2.44. The third kappa shape index (κ3) is 4.51. The third-order valence-electron chi connectivity index (χ3n) is 3.96. The summed E-state index contributed by atoms with van der Waals surface area (Å²) in [4.78, 5) is 26.6. The highest BCUT2D eigenvalue weighted by Gasteiger charge is 2.35. The molecule has 7 heteroatoms. The van der Waals surface area contributed by atoms with Crippen molar-refractivity contribution in [1.82, 2.24) is 4.90 Å². The molecule has 0 bridgehead atoms. The highest BCUT2D eigenvalue weighted by molar-refractivity contribution is 8.18. The predicted octanol–water partition coefficient (Wildman–Crippen LogP) is 5.37. The molecular formula is C21H20ClNO4S. The van der Waals surface area contributed by atoms with Gasteiger partial charge < -0.3 is 9.47 Å². The zero-order valence-corrected chi connectivity index (χ0v) is 17.3. The maximum atomic E-state index is 12.7. The van der Waals surface area contributed by atoms with Gasteiger partial charge in [-0.2, -0.15) is 0 Å². The summed E-state index contributed by atoms with van der Waals surface area (Å²) in [6.07, 6.45) is 1.58. The Labute approximate surface area is 173 Å². The molecule has 1 aliphatic rings. The molecule has 2 aromatic carbocycles. The van der Waals surface area contributed by atoms with Crippen LogP contribution in [0.1, 0.15) is 25.0 Å². The Kier molecular flexibility index (Phi) is 6.31. The van der Waals surface area contributed by atoms with Gasteiger partial charge in [-0.25, -0.2) is 0 Å². The van der Waals surface area contributed by atoms with E-state index in [4.69, 9.17) is 21.1 Å². The first-order valence-corrected chi connectivity index (χ1v) is 9.92. The number of ether oxygens (including phenoxy) is 2. The van der Waals surface area contributed by atoms with Crippen molar-refractivity contribution < 1.29 is 19.1 Å². The number of thioether (sulfide) groups is 1. The number of benzene rings is 2. The van der Waals surface area contributed by atoms with E-state index in [-0.39, 0.29) is 23.8 Å². The van der Waals surface area contributed by atoms with Crippen LogP contribution in [-0.4, -0.2) is 29.3 Å². The molecule has 0 aromatic heterocycles. The van der Waals surface area contributed by atoms with Crippen molar-refractivity contribution in [3.63, 3.8) is 0 Å². The Balaban J connectivity index is 1.86. The van der Waals surface area contributed by atoms with Crippen LogP contribution in [0.25, 0.3) is 6.08 Å². The zero-order chi connectivity index (χ0) is 20.3. The quantitative estimate of drug-likeness (QED) is 0.591. The van der Waals surface area contributed by atoms with Gasteiger partial charge in [0.25, 0.3) is 11.1 Å². The number of methoxy groups -OCH3 is 1. The molecule has 1 heterocycles. The van der Waals surface area contributed by atoms with Gasteiger partial charge in [0, 0.05) is 0 Å². The van der Waals surface area contributed by atoms with Gasteiger partial charge in [0.15, 0.2) is 11.5 Å². The summed E-state index contributed by atoms with van der Waals surface area (Å²) in [7, 11) is 1.52. The minimum Gasteiger partial charge on any atom is -0.493 e. The minimum absolute atomic E-state index is 0.0632. The SMILES string of the molecule is COc1cc(/C=C2\SC(=O)N(Cc3ccccc3)C2=O)cc(Cl)c1OC(C)C. The van der Waals surface area contributed by atoms with Gasteiger partial charge in [-0.3, -0.25) is 14.5 Å². The molecule has 0 aliphatic carbocycles. The lowest BCUT2D eigenvalue weighted by Crippen LogP contribution is -2.27. The first kappa shape index (κ1) is 20.3. The second kappa shape index (κ2) is 8.71. The fraction of sp³-hybridized carbons (Fsp3) is 0.238. The normalized spacial score (nSPS) is 15.6. The number of amides is 2. The number of hydrogen-bond acceptors (Lipinski definition) is 5. The number of halogens is 1. The minimum atomic E-state index is -0.323. The van der Waals surface area contributed by atoms with Gasteiger partial charge in [-0.15, -0.1) is 0 Å². The van der Waals surface area contributed by atoms with Gasteiger partial charge in [0.2, 0.25) is 0 Å². The summed E-state index contributed by atoms with van der Waals surface area (Å²) in [5, 5.41) is 0.0840. The van der Waals surface area contributed by atoms with Crippen LogP contribution in [0.2, 0.25) is 5.02 Å². The molecule has 5 nitrogen and oxygen atoms in total. The second-order valence-corrected chi connectivity index (χ2v) is 7.85. The standard InChI is InChI=1S/C21H20ClNO4S/c1-13(2)27-19-16(22)9-15(10-17(19)26-3)11-18-20(24)23(21(25)28-18)12-14-7-5-4-6-8-14/h4-11,13H,12H2,1-3H3/b18-11-. The summed E-state index contributed by atoms with van der Waals surface area (Å²) < 4.78 is 11.1. The molecule has 0 N–H and O–H groups in total. The fourth-order valence-electron chi connectivity index (χ4n) is 2.73. The molecule has 0 radical (unpaired) electrons. The first-order chi connectivity index (χ1) is 13.4. The maximum Gasteiger partial charge on any atom is 0.293 e. The molecule has 2 aromatic rings. The number of carbonyl (C=O) groups excluding carboxylic acids is 2. The van der Waals surface area contributed by atoms with E-state index in [1.807, 2.05) is 44.2 Å². The molecule has 0 unspecified atom stereocenters. The van der Waals surface area contributed by atoms with E-state index in [0.29, 0.717) is 27.0 Å². The molecule has 3 rings (SSSR count). The highest BCUT2D eigenvalue weighted by atomic mass is 35.5. The number of carbonyl (C=O) groups is 2. The first-order valence-electron chi connectivity index (χ1n) is 8.72. The summed E-state index contributed by atoms with van der Waals surface area (Å²) in [5.41, 5.74) is 1.55. The van der Waals surface area contributed by atoms with Crippen LogP contribution in [0.3, 0.4) is 0 Å². The van der Waals surface area contributed by atoms with Crippen molar-refractivity contribution in [2.75, 3.05) is 7.11 Å². The van der Waals surface area contributed by atoms with Gasteiger partial charge >= 0.3 is 0 Å². The monoisotopic (exact) mass is 417 g/mol. The number of rotatable bonds is 6. The molecule has 0 saturated carbocycles. The van der Waals surface area contributed by atoms with E-state index in [0.717, 1.165) is 17.3 Å². The van der Waals surface area contributed by atoms with Crippen LogP contribution in [0.4, 0.5) is 4.79 Å². The van der Waals surface area contributed by atoms with Crippen molar-refractivity contribution in [1.29, 1.82) is 0 Å². The Morgan fingerprint density at radius 2 is 1.89 bits per heavy atom. The average Bonchev–Trinajstić information content (AvgIpc) is 2.91. The van der Waals surface area contributed by atoms with Gasteiger partial charge in [-0.1, -0.05) is 41.9 Å². The van der Waals surface area contributed by atoms with Gasteiger partial charge in [0.05, 0.1) is 29.7 Å². The van der Waals surface area contributed by atoms with Crippen molar-refractivity contribution in [3.05, 3.63) is 63.5 Å². The van der Waals surface area contributed by atoms with Gasteiger partial charge in [-0.05, 0) is 54.9 Å². The maximum absolute atomic E-state index is 12.7. The van der Waals surface area contributed by atoms with Crippen LogP contribution >= 0.6 is 23.4 Å². The summed E-state index contributed by atoms with van der Waals surface area (Å²) in [6.45, 7) is 4.03. The zero-order valence-electron chi connectivity index (χ0n) is 15.8. The lowest BCUT2D eigenvalue weighted by molar-refractivity contribution is -0.123. The Bertz CT molecular complexity index is 928. The number of imide groups is 1. The van der Waals surface area contributed by atoms with E-state index in [1.54, 1.807) is 18.2 Å². The van der Waals surface area contributed by atoms with Crippen molar-refractivity contribution in [2.45, 2.75) is 26.5 Å². The van der Waals surface area contributed by atoms with E-state index in [1.165, 1.54) is 12.0 Å². The van der Waals surface area contributed by atoms with Crippen molar-refractivity contribution >= 4 is 40.6 Å². The predicted molar refractivity (Wildman–Crippen MR) is 112 cm³/mol. The summed E-state index contributed by atoms with van der Waals surface area (Å²) in [5.74, 6) is 0.598. The second-order valence-electron chi connectivity index (χ2n) is 6.45. The van der Waals surface area contributed by atoms with Crippen LogP contribution in [0.5, 0.6) is 11.5 Å². The lowest BCUT2D eigenvalue weighted by Gasteiger charge is -2.15. The average molecular weight is 418 g/mol. The largest absolute Gasteiger partial charge is 0.493 e. The summed E-state index contributed by atoms with van der Waals surface area (Å²) in [6, 6.07) is 12.8.